The third kappa shape index (κ3) is 5.86. The largest absolute Gasteiger partial charge is 0.322 e. The first-order valence-corrected chi connectivity index (χ1v) is 5.21. The van der Waals surface area contributed by atoms with E-state index in [0.29, 0.717) is 0 Å². The monoisotopic (exact) mass is 199 g/mol. The van der Waals surface area contributed by atoms with Crippen molar-refractivity contribution < 1.29 is 9.59 Å². The van der Waals surface area contributed by atoms with Crippen LogP contribution in [0.1, 0.15) is 46.5 Å². The molecular formula is C11H21NO2. The van der Waals surface area contributed by atoms with Gasteiger partial charge in [-0.2, -0.15) is 0 Å². The van der Waals surface area contributed by atoms with E-state index in [1.807, 2.05) is 6.92 Å². The van der Waals surface area contributed by atoms with Crippen molar-refractivity contribution in [1.82, 2.24) is 0 Å². The lowest BCUT2D eigenvalue weighted by atomic mass is 9.98. The predicted octanol–water partition coefficient (Wildman–Crippen LogP) is 1.69. The minimum atomic E-state index is -0.317. The van der Waals surface area contributed by atoms with E-state index in [2.05, 4.69) is 0 Å². The Morgan fingerprint density at radius 2 is 1.57 bits per heavy atom. The van der Waals surface area contributed by atoms with Crippen LogP contribution in [0.5, 0.6) is 0 Å². The third-order valence-electron chi connectivity index (χ3n) is 2.62. The molecule has 0 aromatic rings. The van der Waals surface area contributed by atoms with Gasteiger partial charge in [-0.15, -0.1) is 0 Å². The summed E-state index contributed by atoms with van der Waals surface area (Å²) >= 11 is 0. The number of rotatable bonds is 7. The maximum Gasteiger partial charge on any atom is 0.146 e. The van der Waals surface area contributed by atoms with Crippen molar-refractivity contribution in [2.75, 3.05) is 0 Å². The topological polar surface area (TPSA) is 60.2 Å². The zero-order chi connectivity index (χ0) is 11.1. The minimum absolute atomic E-state index is 0.0459. The molecule has 0 aliphatic rings. The minimum Gasteiger partial charge on any atom is -0.322 e. The molecule has 3 heteroatoms. The van der Waals surface area contributed by atoms with Gasteiger partial charge in [-0.3, -0.25) is 9.59 Å². The summed E-state index contributed by atoms with van der Waals surface area (Å²) < 4.78 is 0. The molecule has 0 heterocycles. The van der Waals surface area contributed by atoms with Crippen molar-refractivity contribution in [2.24, 2.45) is 11.7 Å². The van der Waals surface area contributed by atoms with Crippen LogP contribution in [0.15, 0.2) is 0 Å². The normalized spacial score (nSPS) is 14.9. The van der Waals surface area contributed by atoms with E-state index in [0.717, 1.165) is 25.7 Å². The van der Waals surface area contributed by atoms with E-state index in [9.17, 15) is 9.59 Å². The quantitative estimate of drug-likeness (QED) is 0.635. The lowest BCUT2D eigenvalue weighted by molar-refractivity contribution is -0.120. The summed E-state index contributed by atoms with van der Waals surface area (Å²) in [6, 6.07) is -0.317. The van der Waals surface area contributed by atoms with Crippen LogP contribution in [0.25, 0.3) is 0 Å². The molecule has 0 aliphatic carbocycles. The smallest absolute Gasteiger partial charge is 0.146 e. The molecule has 0 fully saturated rings. The first-order valence-electron chi connectivity index (χ1n) is 5.21. The van der Waals surface area contributed by atoms with Crippen molar-refractivity contribution in [3.63, 3.8) is 0 Å². The Kier molecular flexibility index (Phi) is 6.37. The number of carbonyl (C=O) groups excluding carboxylic acids is 2. The molecule has 0 saturated heterocycles. The number of carbonyl (C=O) groups is 2. The van der Waals surface area contributed by atoms with Gasteiger partial charge < -0.3 is 5.73 Å². The van der Waals surface area contributed by atoms with Crippen LogP contribution in [0.3, 0.4) is 0 Å². The van der Waals surface area contributed by atoms with Crippen molar-refractivity contribution in [2.45, 2.75) is 52.5 Å². The standard InChI is InChI=1S/C11H21NO2/c1-8(9(2)13)6-4-5-7-11(12)10(3)14/h8,11H,4-7,12H2,1-3H3. The van der Waals surface area contributed by atoms with E-state index < -0.39 is 0 Å². The number of hydrogen-bond acceptors (Lipinski definition) is 3. The van der Waals surface area contributed by atoms with Crippen LogP contribution in [0.2, 0.25) is 0 Å². The van der Waals surface area contributed by atoms with Crippen molar-refractivity contribution >= 4 is 11.6 Å². The Morgan fingerprint density at radius 1 is 1.07 bits per heavy atom. The van der Waals surface area contributed by atoms with Crippen LogP contribution in [0, 0.1) is 5.92 Å². The summed E-state index contributed by atoms with van der Waals surface area (Å²) in [7, 11) is 0. The summed E-state index contributed by atoms with van der Waals surface area (Å²) in [6.07, 6.45) is 3.54. The molecule has 0 aliphatic heterocycles. The molecular weight excluding hydrogens is 178 g/mol. The van der Waals surface area contributed by atoms with Gasteiger partial charge in [0.15, 0.2) is 0 Å². The van der Waals surface area contributed by atoms with E-state index in [1.54, 1.807) is 6.92 Å². The number of Topliss-reactive ketones (excluding diaryl/α,β-unsaturated/α-hetero) is 2. The number of unbranched alkanes of at least 4 members (excludes halogenated alkanes) is 1. The molecule has 14 heavy (non-hydrogen) atoms. The highest BCUT2D eigenvalue weighted by Gasteiger charge is 2.09. The molecule has 0 radical (unpaired) electrons. The maximum atomic E-state index is 10.9. The van der Waals surface area contributed by atoms with Gasteiger partial charge in [-0.1, -0.05) is 19.8 Å². The molecule has 0 amide bonds. The van der Waals surface area contributed by atoms with Gasteiger partial charge >= 0.3 is 0 Å². The molecule has 2 atom stereocenters. The summed E-state index contributed by atoms with van der Waals surface area (Å²) in [5, 5.41) is 0. The molecule has 0 saturated carbocycles. The van der Waals surface area contributed by atoms with Gasteiger partial charge in [0.25, 0.3) is 0 Å². The molecule has 3 nitrogen and oxygen atoms in total. The van der Waals surface area contributed by atoms with E-state index in [-0.39, 0.29) is 23.5 Å². The molecule has 0 aromatic heterocycles. The zero-order valence-corrected chi connectivity index (χ0v) is 9.38. The second-order valence-corrected chi connectivity index (χ2v) is 4.01. The Hall–Kier alpha value is -0.700. The summed E-state index contributed by atoms with van der Waals surface area (Å²) in [6.45, 7) is 5.07. The zero-order valence-electron chi connectivity index (χ0n) is 9.38. The Bertz CT molecular complexity index is 179. The van der Waals surface area contributed by atoms with Crippen molar-refractivity contribution in [1.29, 1.82) is 0 Å². The second kappa shape index (κ2) is 6.71. The second-order valence-electron chi connectivity index (χ2n) is 4.01. The first kappa shape index (κ1) is 13.3. The lowest BCUT2D eigenvalue weighted by Gasteiger charge is -2.09. The molecule has 82 valence electrons. The van der Waals surface area contributed by atoms with Crippen LogP contribution in [-0.4, -0.2) is 17.6 Å². The van der Waals surface area contributed by atoms with Crippen molar-refractivity contribution in [3.8, 4) is 0 Å². The Labute approximate surface area is 86.1 Å². The summed E-state index contributed by atoms with van der Waals surface area (Å²) in [5.41, 5.74) is 5.58. The average Bonchev–Trinajstić information content (AvgIpc) is 2.11. The summed E-state index contributed by atoms with van der Waals surface area (Å²) in [5.74, 6) is 0.425. The van der Waals surface area contributed by atoms with Gasteiger partial charge in [0.1, 0.15) is 11.6 Å². The Balaban J connectivity index is 3.47. The lowest BCUT2D eigenvalue weighted by Crippen LogP contribution is -2.27. The molecule has 2 N–H and O–H groups in total. The first-order chi connectivity index (χ1) is 6.45. The molecule has 0 spiro atoms. The maximum absolute atomic E-state index is 10.9. The SMILES string of the molecule is CC(=O)C(C)CCCCC(N)C(C)=O. The fraction of sp³-hybridized carbons (Fsp3) is 0.818. The summed E-state index contributed by atoms with van der Waals surface area (Å²) in [4.78, 5) is 21.7. The van der Waals surface area contributed by atoms with Gasteiger partial charge in [0.05, 0.1) is 6.04 Å². The molecule has 0 rings (SSSR count). The fourth-order valence-electron chi connectivity index (χ4n) is 1.22. The van der Waals surface area contributed by atoms with Gasteiger partial charge in [-0.25, -0.2) is 0 Å². The van der Waals surface area contributed by atoms with Crippen LogP contribution in [0.4, 0.5) is 0 Å². The van der Waals surface area contributed by atoms with Crippen LogP contribution in [-0.2, 0) is 9.59 Å². The van der Waals surface area contributed by atoms with Crippen LogP contribution >= 0.6 is 0 Å². The average molecular weight is 199 g/mol. The number of hydrogen-bond donors (Lipinski definition) is 1. The van der Waals surface area contributed by atoms with E-state index in [4.69, 9.17) is 5.73 Å². The van der Waals surface area contributed by atoms with Gasteiger partial charge in [0, 0.05) is 5.92 Å². The fourth-order valence-corrected chi connectivity index (χ4v) is 1.22. The Morgan fingerprint density at radius 3 is 2.00 bits per heavy atom. The van der Waals surface area contributed by atoms with Crippen LogP contribution < -0.4 is 5.73 Å². The highest BCUT2D eigenvalue weighted by molar-refractivity contribution is 5.81. The number of ketones is 2. The molecule has 0 bridgehead atoms. The highest BCUT2D eigenvalue weighted by atomic mass is 16.1. The number of nitrogens with two attached hydrogens (primary N) is 1. The van der Waals surface area contributed by atoms with Gasteiger partial charge in [-0.05, 0) is 26.7 Å². The van der Waals surface area contributed by atoms with Crippen molar-refractivity contribution in [3.05, 3.63) is 0 Å². The molecule has 0 aromatic carbocycles. The van der Waals surface area contributed by atoms with E-state index in [1.165, 1.54) is 6.92 Å². The highest BCUT2D eigenvalue weighted by Crippen LogP contribution is 2.11. The van der Waals surface area contributed by atoms with E-state index >= 15 is 0 Å². The van der Waals surface area contributed by atoms with Gasteiger partial charge in [0.2, 0.25) is 0 Å². The molecule has 2 unspecified atom stereocenters. The predicted molar refractivity (Wildman–Crippen MR) is 57.0 cm³/mol. The third-order valence-corrected chi connectivity index (χ3v) is 2.62.